The fourth-order valence-corrected chi connectivity index (χ4v) is 7.48. The van der Waals surface area contributed by atoms with Crippen molar-refractivity contribution in [1.29, 1.82) is 0 Å². The third-order valence-electron chi connectivity index (χ3n) is 11.7. The van der Waals surface area contributed by atoms with Crippen LogP contribution in [0.4, 0.5) is 0 Å². The zero-order valence-corrected chi connectivity index (χ0v) is 44.8. The fourth-order valence-electron chi connectivity index (χ4n) is 7.48. The molecule has 0 aliphatic rings. The van der Waals surface area contributed by atoms with E-state index in [1.54, 1.807) is 0 Å². The molecule has 392 valence electrons. The molecule has 0 amide bonds. The maximum absolute atomic E-state index is 12.9. The Balaban J connectivity index is 4.50. The maximum atomic E-state index is 12.9. The van der Waals surface area contributed by atoms with Crippen molar-refractivity contribution in [3.8, 4) is 0 Å². The number of carbonyl (C=O) groups excluding carboxylic acids is 3. The third-order valence-corrected chi connectivity index (χ3v) is 11.7. The maximum Gasteiger partial charge on any atom is 0.306 e. The molecule has 0 saturated heterocycles. The first-order chi connectivity index (χ1) is 34.0. The standard InChI is InChI=1S/C63H104O6/c1-4-7-10-13-16-19-22-25-28-30-31-33-36-39-42-45-48-51-54-57-63(66)69-60(58-67-61(64)55-52-49-46-43-40-37-34-27-24-21-18-15-12-9-6-3)59-68-62(65)56-53-50-47-44-41-38-35-32-29-26-23-20-17-14-11-8-5-2/h8,11,16-21,25-29,34-35,38,44,47,60H,4-7,9-10,12-15,22-24,30-33,36-37,39-43,45-46,48-59H2,1-3H3/b11-8-,19-16-,20-17-,21-18-,28-25-,29-26-,34-27-,38-35-,47-44-/t60-/m0/s1. The molecule has 0 aliphatic carbocycles. The van der Waals surface area contributed by atoms with Gasteiger partial charge in [-0.3, -0.25) is 14.4 Å². The number of carbonyl (C=O) groups is 3. The van der Waals surface area contributed by atoms with Crippen LogP contribution in [-0.2, 0) is 28.6 Å². The van der Waals surface area contributed by atoms with E-state index in [1.165, 1.54) is 96.3 Å². The summed E-state index contributed by atoms with van der Waals surface area (Å²) in [5.41, 5.74) is 0. The second-order valence-corrected chi connectivity index (χ2v) is 18.5. The van der Waals surface area contributed by atoms with Crippen molar-refractivity contribution in [3.05, 3.63) is 109 Å². The Kier molecular flexibility index (Phi) is 53.4. The summed E-state index contributed by atoms with van der Waals surface area (Å²) < 4.78 is 16.8. The van der Waals surface area contributed by atoms with E-state index in [2.05, 4.69) is 130 Å². The van der Waals surface area contributed by atoms with Crippen LogP contribution in [0, 0.1) is 0 Å². The molecular formula is C63H104O6. The molecule has 0 aromatic carbocycles. The van der Waals surface area contributed by atoms with Crippen molar-refractivity contribution in [3.63, 3.8) is 0 Å². The van der Waals surface area contributed by atoms with Gasteiger partial charge in [0.25, 0.3) is 0 Å². The second kappa shape index (κ2) is 56.7. The second-order valence-electron chi connectivity index (χ2n) is 18.5. The van der Waals surface area contributed by atoms with Crippen molar-refractivity contribution in [1.82, 2.24) is 0 Å². The zero-order chi connectivity index (χ0) is 50.0. The number of unbranched alkanes of at least 4 members (excludes halogenated alkanes) is 21. The van der Waals surface area contributed by atoms with Gasteiger partial charge in [0.2, 0.25) is 0 Å². The minimum Gasteiger partial charge on any atom is -0.462 e. The summed E-state index contributed by atoms with van der Waals surface area (Å²) in [6, 6.07) is 0. The fraction of sp³-hybridized carbons (Fsp3) is 0.667. The summed E-state index contributed by atoms with van der Waals surface area (Å²) in [6.07, 6.45) is 76.5. The summed E-state index contributed by atoms with van der Waals surface area (Å²) in [7, 11) is 0. The van der Waals surface area contributed by atoms with E-state index in [0.717, 1.165) is 109 Å². The van der Waals surface area contributed by atoms with E-state index < -0.39 is 6.10 Å². The highest BCUT2D eigenvalue weighted by molar-refractivity contribution is 5.71. The number of hydrogen-bond donors (Lipinski definition) is 0. The van der Waals surface area contributed by atoms with Crippen LogP contribution in [0.15, 0.2) is 109 Å². The summed E-state index contributed by atoms with van der Waals surface area (Å²) in [5, 5.41) is 0. The molecule has 0 spiro atoms. The molecule has 0 rings (SSSR count). The molecule has 0 saturated carbocycles. The Hall–Kier alpha value is -3.93. The van der Waals surface area contributed by atoms with E-state index in [0.29, 0.717) is 19.3 Å². The lowest BCUT2D eigenvalue weighted by Gasteiger charge is -2.18. The molecule has 0 aromatic rings. The Morgan fingerprint density at radius 2 is 0.580 bits per heavy atom. The van der Waals surface area contributed by atoms with Gasteiger partial charge >= 0.3 is 17.9 Å². The quantitative estimate of drug-likeness (QED) is 0.0262. The van der Waals surface area contributed by atoms with Gasteiger partial charge in [-0.2, -0.15) is 0 Å². The molecule has 69 heavy (non-hydrogen) atoms. The normalized spacial score (nSPS) is 12.9. The number of esters is 3. The Morgan fingerprint density at radius 3 is 0.942 bits per heavy atom. The highest BCUT2D eigenvalue weighted by Crippen LogP contribution is 2.14. The van der Waals surface area contributed by atoms with Crippen LogP contribution in [0.3, 0.4) is 0 Å². The van der Waals surface area contributed by atoms with Crippen molar-refractivity contribution in [2.45, 2.75) is 258 Å². The van der Waals surface area contributed by atoms with Crippen LogP contribution in [0.25, 0.3) is 0 Å². The summed E-state index contributed by atoms with van der Waals surface area (Å²) in [6.45, 7) is 6.41. The molecule has 6 heteroatoms. The molecule has 0 aromatic heterocycles. The molecule has 0 heterocycles. The van der Waals surface area contributed by atoms with E-state index >= 15 is 0 Å². The number of hydrogen-bond acceptors (Lipinski definition) is 6. The largest absolute Gasteiger partial charge is 0.462 e. The van der Waals surface area contributed by atoms with Gasteiger partial charge in [0.1, 0.15) is 13.2 Å². The van der Waals surface area contributed by atoms with Crippen LogP contribution in [0.2, 0.25) is 0 Å². The summed E-state index contributed by atoms with van der Waals surface area (Å²) in [4.78, 5) is 38.1. The SMILES string of the molecule is CC/C=C\C/C=C\C/C=C\C/C=C\C/C=C\CCCC(=O)OC[C@H](COC(=O)CCCCCCC/C=C\C/C=C\CCCCC)OC(=O)CCCCCCCCCCC/C=C\C/C=C\CCCCC. The van der Waals surface area contributed by atoms with Crippen molar-refractivity contribution < 1.29 is 28.6 Å². The summed E-state index contributed by atoms with van der Waals surface area (Å²) >= 11 is 0. The van der Waals surface area contributed by atoms with E-state index in [9.17, 15) is 14.4 Å². The van der Waals surface area contributed by atoms with E-state index in [4.69, 9.17) is 14.2 Å². The topological polar surface area (TPSA) is 78.9 Å². The lowest BCUT2D eigenvalue weighted by Crippen LogP contribution is -2.30. The van der Waals surface area contributed by atoms with Gasteiger partial charge in [-0.15, -0.1) is 0 Å². The van der Waals surface area contributed by atoms with Crippen LogP contribution >= 0.6 is 0 Å². The van der Waals surface area contributed by atoms with Crippen molar-refractivity contribution in [2.75, 3.05) is 13.2 Å². The van der Waals surface area contributed by atoms with E-state index in [1.807, 2.05) is 0 Å². The molecule has 0 unspecified atom stereocenters. The van der Waals surface area contributed by atoms with Gasteiger partial charge in [-0.1, -0.05) is 220 Å². The molecule has 1 atom stereocenters. The first-order valence-electron chi connectivity index (χ1n) is 28.4. The Morgan fingerprint density at radius 1 is 0.304 bits per heavy atom. The monoisotopic (exact) mass is 957 g/mol. The lowest BCUT2D eigenvalue weighted by molar-refractivity contribution is -0.167. The van der Waals surface area contributed by atoms with Crippen molar-refractivity contribution in [2.24, 2.45) is 0 Å². The highest BCUT2D eigenvalue weighted by Gasteiger charge is 2.19. The predicted octanol–water partition coefficient (Wildman–Crippen LogP) is 19.1. The third kappa shape index (κ3) is 54.9. The van der Waals surface area contributed by atoms with Crippen LogP contribution in [-0.4, -0.2) is 37.2 Å². The van der Waals surface area contributed by atoms with Gasteiger partial charge in [0.05, 0.1) is 0 Å². The van der Waals surface area contributed by atoms with Crippen molar-refractivity contribution >= 4 is 17.9 Å². The van der Waals surface area contributed by atoms with Crippen LogP contribution in [0.1, 0.15) is 252 Å². The molecule has 6 nitrogen and oxygen atoms in total. The number of allylic oxidation sites excluding steroid dienone is 18. The average molecular weight is 958 g/mol. The van der Waals surface area contributed by atoms with Gasteiger partial charge in [-0.25, -0.2) is 0 Å². The number of ether oxygens (including phenoxy) is 3. The molecule has 0 fully saturated rings. The molecule has 0 aliphatic heterocycles. The van der Waals surface area contributed by atoms with Gasteiger partial charge in [0.15, 0.2) is 6.10 Å². The Labute approximate surface area is 425 Å². The average Bonchev–Trinajstić information content (AvgIpc) is 3.35. The minimum atomic E-state index is -0.811. The smallest absolute Gasteiger partial charge is 0.306 e. The van der Waals surface area contributed by atoms with Crippen LogP contribution < -0.4 is 0 Å². The van der Waals surface area contributed by atoms with Gasteiger partial charge in [0, 0.05) is 19.3 Å². The summed E-state index contributed by atoms with van der Waals surface area (Å²) in [5.74, 6) is -0.983. The predicted molar refractivity (Wildman–Crippen MR) is 297 cm³/mol. The molecule has 0 radical (unpaired) electrons. The molecular weight excluding hydrogens is 853 g/mol. The van der Waals surface area contributed by atoms with Crippen LogP contribution in [0.5, 0.6) is 0 Å². The van der Waals surface area contributed by atoms with E-state index in [-0.39, 0.29) is 37.5 Å². The van der Waals surface area contributed by atoms with Gasteiger partial charge < -0.3 is 14.2 Å². The first kappa shape index (κ1) is 65.1. The lowest BCUT2D eigenvalue weighted by atomic mass is 10.1. The molecule has 0 bridgehead atoms. The van der Waals surface area contributed by atoms with Gasteiger partial charge in [-0.05, 0) is 122 Å². The zero-order valence-electron chi connectivity index (χ0n) is 44.8. The minimum absolute atomic E-state index is 0.106. The highest BCUT2D eigenvalue weighted by atomic mass is 16.6. The molecule has 0 N–H and O–H groups in total. The first-order valence-corrected chi connectivity index (χ1v) is 28.4. The number of rotatable bonds is 50. The Bertz CT molecular complexity index is 1420.